The van der Waals surface area contributed by atoms with Gasteiger partial charge in [0.1, 0.15) is 17.2 Å². The van der Waals surface area contributed by atoms with E-state index in [9.17, 15) is 9.18 Å². The summed E-state index contributed by atoms with van der Waals surface area (Å²) in [6.45, 7) is 3.74. The van der Waals surface area contributed by atoms with Crippen molar-refractivity contribution in [3.8, 4) is 11.3 Å². The van der Waals surface area contributed by atoms with Gasteiger partial charge in [-0.3, -0.25) is 9.69 Å². The van der Waals surface area contributed by atoms with E-state index in [0.717, 1.165) is 23.0 Å². The predicted octanol–water partition coefficient (Wildman–Crippen LogP) is 6.30. The van der Waals surface area contributed by atoms with Crippen LogP contribution in [0, 0.1) is 11.7 Å². The number of hydrogen-bond acceptors (Lipinski definition) is 3. The number of rotatable bonds is 7. The molecule has 3 aromatic carbocycles. The van der Waals surface area contributed by atoms with Crippen LogP contribution < -0.4 is 0 Å². The van der Waals surface area contributed by atoms with Gasteiger partial charge < -0.3 is 9.52 Å². The van der Waals surface area contributed by atoms with Crippen LogP contribution in [0.25, 0.3) is 22.3 Å². The van der Waals surface area contributed by atoms with Crippen molar-refractivity contribution in [1.29, 1.82) is 0 Å². The van der Waals surface area contributed by atoms with Crippen molar-refractivity contribution in [3.63, 3.8) is 0 Å². The Morgan fingerprint density at radius 2 is 1.85 bits per heavy atom. The lowest BCUT2D eigenvalue weighted by Gasteiger charge is -2.36. The third-order valence-electron chi connectivity index (χ3n) is 6.56. The summed E-state index contributed by atoms with van der Waals surface area (Å²) in [5, 5.41) is 9.96. The number of fused-ring (bicyclic) bond motifs is 1. The zero-order valence-electron chi connectivity index (χ0n) is 18.5. The van der Waals surface area contributed by atoms with E-state index in [1.165, 1.54) is 17.2 Å². The maximum atomic E-state index is 15.0. The Kier molecular flexibility index (Phi) is 5.73. The van der Waals surface area contributed by atoms with Gasteiger partial charge >= 0.3 is 5.97 Å². The standard InChI is InChI=1S/C28H26FNO3/c1-2-23(19-6-4-3-5-7-19)20-9-11-26-21(13-20)14-27(33-26)24-10-8-18(12-25(24)29)15-30-16-22(17-30)28(31)32/h3-14,22-23H,2,15-17H2,1H3,(H,31,32). The van der Waals surface area contributed by atoms with Crippen LogP contribution in [0.1, 0.15) is 36.0 Å². The number of hydrogen-bond donors (Lipinski definition) is 1. The van der Waals surface area contributed by atoms with Crippen LogP contribution in [0.3, 0.4) is 0 Å². The molecular weight excluding hydrogens is 417 g/mol. The summed E-state index contributed by atoms with van der Waals surface area (Å²) in [7, 11) is 0. The number of benzene rings is 3. The largest absolute Gasteiger partial charge is 0.481 e. The van der Waals surface area contributed by atoms with Crippen molar-refractivity contribution in [3.05, 3.63) is 95.3 Å². The lowest BCUT2D eigenvalue weighted by atomic mass is 9.89. The van der Waals surface area contributed by atoms with Gasteiger partial charge in [-0.1, -0.05) is 49.4 Å². The first-order valence-corrected chi connectivity index (χ1v) is 11.3. The molecule has 4 aromatic rings. The quantitative estimate of drug-likeness (QED) is 0.364. The molecule has 1 saturated heterocycles. The molecule has 1 fully saturated rings. The number of carboxylic acids is 1. The lowest BCUT2D eigenvalue weighted by molar-refractivity contribution is -0.147. The molecule has 0 bridgehead atoms. The average molecular weight is 444 g/mol. The normalized spacial score (nSPS) is 15.5. The minimum atomic E-state index is -0.769. The predicted molar refractivity (Wildman–Crippen MR) is 127 cm³/mol. The van der Waals surface area contributed by atoms with E-state index in [-0.39, 0.29) is 11.7 Å². The fourth-order valence-electron chi connectivity index (χ4n) is 4.73. The van der Waals surface area contributed by atoms with E-state index in [2.05, 4.69) is 43.3 Å². The van der Waals surface area contributed by atoms with Crippen molar-refractivity contribution in [2.45, 2.75) is 25.8 Å². The molecule has 5 heteroatoms. The molecule has 1 aliphatic heterocycles. The highest BCUT2D eigenvalue weighted by Crippen LogP contribution is 2.34. The highest BCUT2D eigenvalue weighted by atomic mass is 19.1. The van der Waals surface area contributed by atoms with Crippen molar-refractivity contribution >= 4 is 16.9 Å². The Morgan fingerprint density at radius 1 is 1.06 bits per heavy atom. The number of nitrogens with zero attached hydrogens (tertiary/aromatic N) is 1. The minimum Gasteiger partial charge on any atom is -0.481 e. The number of halogens is 1. The van der Waals surface area contributed by atoms with E-state index in [1.54, 1.807) is 6.07 Å². The molecule has 1 N–H and O–H groups in total. The SMILES string of the molecule is CCC(c1ccccc1)c1ccc2oc(-c3ccc(CN4CC(C(=O)O)C4)cc3F)cc2c1. The smallest absolute Gasteiger partial charge is 0.309 e. The zero-order chi connectivity index (χ0) is 22.9. The number of likely N-dealkylation sites (tertiary alicyclic amines) is 1. The highest BCUT2D eigenvalue weighted by molar-refractivity contribution is 5.83. The Hall–Kier alpha value is -3.44. The second-order valence-electron chi connectivity index (χ2n) is 8.82. The maximum absolute atomic E-state index is 15.0. The summed E-state index contributed by atoms with van der Waals surface area (Å²) in [6, 6.07) is 23.7. The van der Waals surface area contributed by atoms with E-state index in [0.29, 0.717) is 36.9 Å². The van der Waals surface area contributed by atoms with Gasteiger partial charge in [0.15, 0.2) is 0 Å². The molecule has 168 valence electrons. The monoisotopic (exact) mass is 443 g/mol. The molecule has 2 heterocycles. The molecule has 33 heavy (non-hydrogen) atoms. The summed E-state index contributed by atoms with van der Waals surface area (Å²) in [4.78, 5) is 13.0. The lowest BCUT2D eigenvalue weighted by Crippen LogP contribution is -2.49. The molecule has 1 aromatic heterocycles. The van der Waals surface area contributed by atoms with Crippen LogP contribution >= 0.6 is 0 Å². The van der Waals surface area contributed by atoms with Crippen LogP contribution in [0.2, 0.25) is 0 Å². The maximum Gasteiger partial charge on any atom is 0.309 e. The number of carbonyl (C=O) groups is 1. The van der Waals surface area contributed by atoms with Gasteiger partial charge in [0.05, 0.1) is 11.5 Å². The molecule has 1 aliphatic rings. The van der Waals surface area contributed by atoms with Gasteiger partial charge in [-0.2, -0.15) is 0 Å². The molecular formula is C28H26FNO3. The van der Waals surface area contributed by atoms with Gasteiger partial charge in [0.2, 0.25) is 0 Å². The Labute approximate surface area is 192 Å². The van der Waals surface area contributed by atoms with Crippen LogP contribution in [-0.4, -0.2) is 29.1 Å². The fraction of sp³-hybridized carbons (Fsp3) is 0.250. The first-order chi connectivity index (χ1) is 16.0. The molecule has 0 aliphatic carbocycles. The van der Waals surface area contributed by atoms with Crippen LogP contribution in [-0.2, 0) is 11.3 Å². The van der Waals surface area contributed by atoms with Crippen LogP contribution in [0.15, 0.2) is 77.2 Å². The molecule has 0 spiro atoms. The summed E-state index contributed by atoms with van der Waals surface area (Å²) in [5.74, 6) is -0.613. The topological polar surface area (TPSA) is 53.7 Å². The third kappa shape index (κ3) is 4.29. The fourth-order valence-corrected chi connectivity index (χ4v) is 4.73. The molecule has 1 atom stereocenters. The Balaban J connectivity index is 1.37. The third-order valence-corrected chi connectivity index (χ3v) is 6.56. The van der Waals surface area contributed by atoms with Gasteiger partial charge in [0.25, 0.3) is 0 Å². The van der Waals surface area contributed by atoms with Crippen LogP contribution in [0.4, 0.5) is 4.39 Å². The average Bonchev–Trinajstić information content (AvgIpc) is 3.20. The van der Waals surface area contributed by atoms with Crippen molar-refractivity contribution in [2.75, 3.05) is 13.1 Å². The van der Waals surface area contributed by atoms with Crippen molar-refractivity contribution in [2.24, 2.45) is 5.92 Å². The Bertz CT molecular complexity index is 1290. The molecule has 1 unspecified atom stereocenters. The van der Waals surface area contributed by atoms with Gasteiger partial charge in [0, 0.05) is 30.9 Å². The summed E-state index contributed by atoms with van der Waals surface area (Å²) >= 11 is 0. The second kappa shape index (κ2) is 8.83. The first kappa shape index (κ1) is 21.4. The van der Waals surface area contributed by atoms with Gasteiger partial charge in [-0.15, -0.1) is 0 Å². The summed E-state index contributed by atoms with van der Waals surface area (Å²) in [6.07, 6.45) is 0.987. The Morgan fingerprint density at radius 3 is 2.55 bits per heavy atom. The number of carboxylic acid groups (broad SMARTS) is 1. The number of aliphatic carboxylic acids is 1. The van der Waals surface area contributed by atoms with Crippen LogP contribution in [0.5, 0.6) is 0 Å². The van der Waals surface area contributed by atoms with Gasteiger partial charge in [-0.25, -0.2) is 4.39 Å². The molecule has 0 saturated carbocycles. The van der Waals surface area contributed by atoms with E-state index in [4.69, 9.17) is 9.52 Å². The molecule has 5 rings (SSSR count). The molecule has 0 amide bonds. The first-order valence-electron chi connectivity index (χ1n) is 11.3. The second-order valence-corrected chi connectivity index (χ2v) is 8.82. The highest BCUT2D eigenvalue weighted by Gasteiger charge is 2.32. The number of furan rings is 1. The summed E-state index contributed by atoms with van der Waals surface area (Å²) < 4.78 is 20.9. The van der Waals surface area contributed by atoms with E-state index >= 15 is 0 Å². The van der Waals surface area contributed by atoms with Gasteiger partial charge in [-0.05, 0) is 53.4 Å². The van der Waals surface area contributed by atoms with Crippen molar-refractivity contribution in [1.82, 2.24) is 4.90 Å². The van der Waals surface area contributed by atoms with E-state index < -0.39 is 5.97 Å². The zero-order valence-corrected chi connectivity index (χ0v) is 18.5. The molecule has 4 nitrogen and oxygen atoms in total. The summed E-state index contributed by atoms with van der Waals surface area (Å²) in [5.41, 5.74) is 4.49. The van der Waals surface area contributed by atoms with E-state index in [1.807, 2.05) is 29.2 Å². The molecule has 0 radical (unpaired) electrons. The minimum absolute atomic E-state index is 0.298. The van der Waals surface area contributed by atoms with Crippen molar-refractivity contribution < 1.29 is 18.7 Å².